The second-order valence-corrected chi connectivity index (χ2v) is 5.80. The maximum atomic E-state index is 12.2. The summed E-state index contributed by atoms with van der Waals surface area (Å²) in [5, 5.41) is 12.0. The van der Waals surface area contributed by atoms with Crippen LogP contribution in [-0.4, -0.2) is 40.1 Å². The number of carbonyl (C=O) groups is 2. The Balaban J connectivity index is 1.99. The van der Waals surface area contributed by atoms with E-state index in [0.29, 0.717) is 18.4 Å². The molecule has 2 aliphatic rings. The molecule has 1 saturated carbocycles. The fraction of sp³-hybridized carbons (Fsp3) is 0.846. The maximum absolute atomic E-state index is 12.2. The minimum absolute atomic E-state index is 0.208. The Morgan fingerprint density at radius 3 is 2.61 bits per heavy atom. The number of hydrogen-bond acceptors (Lipinski definition) is 2. The van der Waals surface area contributed by atoms with Crippen molar-refractivity contribution in [2.45, 2.75) is 57.5 Å². The molecule has 5 heteroatoms. The molecule has 1 heterocycles. The molecule has 2 amide bonds. The van der Waals surface area contributed by atoms with Gasteiger partial charge < -0.3 is 15.3 Å². The molecular weight excluding hydrogens is 232 g/mol. The van der Waals surface area contributed by atoms with E-state index in [1.807, 2.05) is 11.8 Å². The van der Waals surface area contributed by atoms with E-state index in [2.05, 4.69) is 5.32 Å². The van der Waals surface area contributed by atoms with Gasteiger partial charge in [-0.1, -0.05) is 13.3 Å². The van der Waals surface area contributed by atoms with Crippen LogP contribution in [0.4, 0.5) is 4.79 Å². The second kappa shape index (κ2) is 4.78. The molecule has 3 atom stereocenters. The van der Waals surface area contributed by atoms with Gasteiger partial charge in [0.15, 0.2) is 0 Å². The third-order valence-electron chi connectivity index (χ3n) is 4.27. The average Bonchev–Trinajstić information content (AvgIpc) is 2.90. The molecule has 1 aliphatic heterocycles. The molecule has 1 saturated heterocycles. The summed E-state index contributed by atoms with van der Waals surface area (Å²) in [4.78, 5) is 25.3. The molecule has 2 bridgehead atoms. The van der Waals surface area contributed by atoms with Crippen molar-refractivity contribution in [3.63, 3.8) is 0 Å². The van der Waals surface area contributed by atoms with E-state index >= 15 is 0 Å². The SMILES string of the molecule is CCCC(C)(NC(=O)N1CC2CCC1C2)C(=O)O. The molecule has 0 aromatic rings. The Hall–Kier alpha value is -1.26. The molecule has 5 nitrogen and oxygen atoms in total. The van der Waals surface area contributed by atoms with Gasteiger partial charge in [-0.2, -0.15) is 0 Å². The summed E-state index contributed by atoms with van der Waals surface area (Å²) in [6, 6.07) is 0.121. The number of piperidine rings is 1. The first kappa shape index (κ1) is 13.2. The van der Waals surface area contributed by atoms with E-state index in [4.69, 9.17) is 0 Å². The number of carboxylic acid groups (broad SMARTS) is 1. The largest absolute Gasteiger partial charge is 0.480 e. The maximum Gasteiger partial charge on any atom is 0.329 e. The number of fused-ring (bicyclic) bond motifs is 2. The Bertz CT molecular complexity index is 358. The zero-order valence-electron chi connectivity index (χ0n) is 11.1. The van der Waals surface area contributed by atoms with Gasteiger partial charge in [-0.25, -0.2) is 9.59 Å². The van der Waals surface area contributed by atoms with Crippen LogP contribution in [0.5, 0.6) is 0 Å². The standard InChI is InChI=1S/C13H22N2O3/c1-3-6-13(2,11(16)17)14-12(18)15-8-9-4-5-10(15)7-9/h9-10H,3-8H2,1-2H3,(H,14,18)(H,16,17). The van der Waals surface area contributed by atoms with Gasteiger partial charge in [0.25, 0.3) is 0 Å². The van der Waals surface area contributed by atoms with E-state index in [9.17, 15) is 14.7 Å². The summed E-state index contributed by atoms with van der Waals surface area (Å²) in [7, 11) is 0. The number of carbonyl (C=O) groups excluding carboxylic acids is 1. The topological polar surface area (TPSA) is 69.6 Å². The summed E-state index contributed by atoms with van der Waals surface area (Å²) in [5.74, 6) is -0.329. The number of aliphatic carboxylic acids is 1. The summed E-state index contributed by atoms with van der Waals surface area (Å²) in [6.45, 7) is 4.30. The summed E-state index contributed by atoms with van der Waals surface area (Å²) >= 11 is 0. The monoisotopic (exact) mass is 254 g/mol. The van der Waals surface area contributed by atoms with E-state index in [1.54, 1.807) is 6.92 Å². The van der Waals surface area contributed by atoms with Gasteiger partial charge >= 0.3 is 12.0 Å². The molecular formula is C13H22N2O3. The van der Waals surface area contributed by atoms with E-state index in [0.717, 1.165) is 25.8 Å². The molecule has 1 aliphatic carbocycles. The van der Waals surface area contributed by atoms with Crippen LogP contribution in [0.15, 0.2) is 0 Å². The third kappa shape index (κ3) is 2.31. The predicted octanol–water partition coefficient (Wildman–Crippen LogP) is 1.82. The van der Waals surface area contributed by atoms with Crippen molar-refractivity contribution in [1.29, 1.82) is 0 Å². The number of hydrogen-bond donors (Lipinski definition) is 2. The molecule has 3 unspecified atom stereocenters. The van der Waals surface area contributed by atoms with Crippen LogP contribution in [0.2, 0.25) is 0 Å². The lowest BCUT2D eigenvalue weighted by atomic mass is 9.96. The fourth-order valence-electron chi connectivity index (χ4n) is 3.20. The van der Waals surface area contributed by atoms with Crippen molar-refractivity contribution in [3.05, 3.63) is 0 Å². The van der Waals surface area contributed by atoms with Gasteiger partial charge in [0, 0.05) is 12.6 Å². The van der Waals surface area contributed by atoms with Crippen molar-refractivity contribution in [3.8, 4) is 0 Å². The van der Waals surface area contributed by atoms with Gasteiger partial charge in [-0.05, 0) is 38.5 Å². The van der Waals surface area contributed by atoms with Gasteiger partial charge in [0.05, 0.1) is 0 Å². The molecule has 2 fully saturated rings. The molecule has 2 rings (SSSR count). The highest BCUT2D eigenvalue weighted by molar-refractivity contribution is 5.86. The van der Waals surface area contributed by atoms with Crippen molar-refractivity contribution >= 4 is 12.0 Å². The molecule has 18 heavy (non-hydrogen) atoms. The van der Waals surface area contributed by atoms with Crippen LogP contribution in [0, 0.1) is 5.92 Å². The normalized spacial score (nSPS) is 29.1. The van der Waals surface area contributed by atoms with Gasteiger partial charge in [-0.3, -0.25) is 0 Å². The van der Waals surface area contributed by atoms with Crippen LogP contribution < -0.4 is 5.32 Å². The zero-order chi connectivity index (χ0) is 13.3. The predicted molar refractivity (Wildman–Crippen MR) is 67.3 cm³/mol. The van der Waals surface area contributed by atoms with Crippen molar-refractivity contribution < 1.29 is 14.7 Å². The minimum Gasteiger partial charge on any atom is -0.480 e. The summed E-state index contributed by atoms with van der Waals surface area (Å²) < 4.78 is 0. The molecule has 0 radical (unpaired) electrons. The molecule has 0 spiro atoms. The average molecular weight is 254 g/mol. The van der Waals surface area contributed by atoms with Crippen LogP contribution >= 0.6 is 0 Å². The lowest BCUT2D eigenvalue weighted by Gasteiger charge is -2.32. The van der Waals surface area contributed by atoms with Crippen molar-refractivity contribution in [2.24, 2.45) is 5.92 Å². The second-order valence-electron chi connectivity index (χ2n) is 5.80. The Morgan fingerprint density at radius 2 is 2.17 bits per heavy atom. The fourth-order valence-corrected chi connectivity index (χ4v) is 3.20. The van der Waals surface area contributed by atoms with E-state index < -0.39 is 11.5 Å². The number of urea groups is 1. The number of nitrogens with zero attached hydrogens (tertiary/aromatic N) is 1. The molecule has 0 aromatic carbocycles. The first-order valence-corrected chi connectivity index (χ1v) is 6.78. The van der Waals surface area contributed by atoms with Gasteiger partial charge in [-0.15, -0.1) is 0 Å². The van der Waals surface area contributed by atoms with Crippen LogP contribution in [-0.2, 0) is 4.79 Å². The first-order valence-electron chi connectivity index (χ1n) is 6.78. The summed E-state index contributed by atoms with van der Waals surface area (Å²) in [5.41, 5.74) is -1.15. The molecule has 0 aromatic heterocycles. The van der Waals surface area contributed by atoms with Gasteiger partial charge in [0.1, 0.15) is 5.54 Å². The first-order chi connectivity index (χ1) is 8.46. The lowest BCUT2D eigenvalue weighted by molar-refractivity contribution is -0.144. The number of rotatable bonds is 4. The van der Waals surface area contributed by atoms with Crippen LogP contribution in [0.25, 0.3) is 0 Å². The number of carboxylic acids is 1. The third-order valence-corrected chi connectivity index (χ3v) is 4.27. The Morgan fingerprint density at radius 1 is 1.44 bits per heavy atom. The minimum atomic E-state index is -1.15. The van der Waals surface area contributed by atoms with Crippen LogP contribution in [0.3, 0.4) is 0 Å². The summed E-state index contributed by atoms with van der Waals surface area (Å²) in [6.07, 6.45) is 4.55. The lowest BCUT2D eigenvalue weighted by Crippen LogP contribution is -2.57. The van der Waals surface area contributed by atoms with E-state index in [-0.39, 0.29) is 6.03 Å². The highest BCUT2D eigenvalue weighted by Crippen LogP contribution is 2.37. The van der Waals surface area contributed by atoms with Crippen molar-refractivity contribution in [2.75, 3.05) is 6.54 Å². The van der Waals surface area contributed by atoms with Crippen molar-refractivity contribution in [1.82, 2.24) is 10.2 Å². The number of amides is 2. The highest BCUT2D eigenvalue weighted by atomic mass is 16.4. The van der Waals surface area contributed by atoms with Crippen LogP contribution in [0.1, 0.15) is 46.0 Å². The molecule has 102 valence electrons. The number of nitrogens with one attached hydrogen (secondary N) is 1. The Kier molecular flexibility index (Phi) is 3.50. The zero-order valence-corrected chi connectivity index (χ0v) is 11.1. The smallest absolute Gasteiger partial charge is 0.329 e. The van der Waals surface area contributed by atoms with E-state index in [1.165, 1.54) is 6.42 Å². The Labute approximate surface area is 108 Å². The molecule has 2 N–H and O–H groups in total. The quantitative estimate of drug-likeness (QED) is 0.804. The van der Waals surface area contributed by atoms with Gasteiger partial charge in [0.2, 0.25) is 0 Å². The highest BCUT2D eigenvalue weighted by Gasteiger charge is 2.43. The number of likely N-dealkylation sites (tertiary alicyclic amines) is 1.